The van der Waals surface area contributed by atoms with Crippen LogP contribution >= 0.6 is 46.4 Å². The Morgan fingerprint density at radius 3 is 2.41 bits per heavy atom. The third-order valence-corrected chi connectivity index (χ3v) is 4.75. The number of nitrogens with one attached hydrogen (secondary N) is 1. The van der Waals surface area contributed by atoms with E-state index in [1.165, 1.54) is 6.08 Å². The third-order valence-electron chi connectivity index (χ3n) is 3.91. The average Bonchev–Trinajstić information content (AvgIpc) is 3.35. The van der Waals surface area contributed by atoms with E-state index in [9.17, 15) is 27.9 Å². The maximum atomic E-state index is 12.6. The molecule has 2 aliphatic rings. The molecule has 2 rings (SSSR count). The molecule has 2 N–H and O–H groups in total. The van der Waals surface area contributed by atoms with E-state index in [2.05, 4.69) is 4.74 Å². The molecular weight excluding hydrogens is 457 g/mol. The van der Waals surface area contributed by atoms with Gasteiger partial charge >= 0.3 is 6.18 Å². The van der Waals surface area contributed by atoms with Crippen LogP contribution in [0.5, 0.6) is 0 Å². The number of rotatable bonds is 6. The van der Waals surface area contributed by atoms with Crippen LogP contribution < -0.4 is 5.32 Å². The standard InChI is InChI=1S/C15H14Cl4F3NO4/c16-8-3-4-13(26,10(24)7-1-2-7)9(5-8)11(25)23-12(15(17,18)19)27-6-14(20,21)22/h3-5,7,9,12,26H,1-2,6H2,(H,23,25). The maximum Gasteiger partial charge on any atom is 0.411 e. The Morgan fingerprint density at radius 1 is 1.33 bits per heavy atom. The van der Waals surface area contributed by atoms with Crippen molar-refractivity contribution in [3.05, 3.63) is 23.3 Å². The van der Waals surface area contributed by atoms with E-state index in [1.54, 1.807) is 0 Å². The molecular formula is C15H14Cl4F3NO4. The minimum atomic E-state index is -4.74. The Labute approximate surface area is 172 Å². The van der Waals surface area contributed by atoms with Crippen molar-refractivity contribution in [1.29, 1.82) is 0 Å². The normalized spacial score (nSPS) is 27.1. The average molecular weight is 471 g/mol. The molecule has 0 aromatic carbocycles. The molecule has 0 aliphatic heterocycles. The molecule has 152 valence electrons. The van der Waals surface area contributed by atoms with E-state index in [-0.39, 0.29) is 5.03 Å². The topological polar surface area (TPSA) is 75.6 Å². The monoisotopic (exact) mass is 469 g/mol. The highest BCUT2D eigenvalue weighted by Crippen LogP contribution is 2.40. The van der Waals surface area contributed by atoms with Crippen LogP contribution in [-0.2, 0) is 14.3 Å². The molecule has 0 aromatic heterocycles. The molecule has 3 unspecified atom stereocenters. The SMILES string of the molecule is O=C(NC(OCC(F)(F)F)C(Cl)(Cl)Cl)C1C=C(Cl)C=CC1(O)C(=O)C1CC1. The number of halogens is 7. The zero-order chi connectivity index (χ0) is 20.6. The van der Waals surface area contributed by atoms with Gasteiger partial charge in [0.2, 0.25) is 9.70 Å². The summed E-state index contributed by atoms with van der Waals surface area (Å²) in [4.78, 5) is 25.0. The number of aliphatic hydroxyl groups is 1. The quantitative estimate of drug-likeness (QED) is 0.461. The summed E-state index contributed by atoms with van der Waals surface area (Å²) in [7, 11) is 0. The van der Waals surface area contributed by atoms with Crippen molar-refractivity contribution < 1.29 is 32.6 Å². The molecule has 0 bridgehead atoms. The van der Waals surface area contributed by atoms with Gasteiger partial charge in [-0.3, -0.25) is 9.59 Å². The van der Waals surface area contributed by atoms with Crippen LogP contribution in [0.2, 0.25) is 0 Å². The number of ether oxygens (including phenoxy) is 1. The van der Waals surface area contributed by atoms with Gasteiger partial charge in [-0.1, -0.05) is 46.4 Å². The van der Waals surface area contributed by atoms with Gasteiger partial charge in [-0.25, -0.2) is 0 Å². The van der Waals surface area contributed by atoms with E-state index in [4.69, 9.17) is 46.4 Å². The number of carbonyl (C=O) groups excluding carboxylic acids is 2. The summed E-state index contributed by atoms with van der Waals surface area (Å²) in [6.07, 6.45) is -2.19. The minimum Gasteiger partial charge on any atom is -0.377 e. The number of hydrogen-bond acceptors (Lipinski definition) is 4. The zero-order valence-electron chi connectivity index (χ0n) is 13.4. The summed E-state index contributed by atoms with van der Waals surface area (Å²) in [6, 6.07) is 0. The summed E-state index contributed by atoms with van der Waals surface area (Å²) >= 11 is 22.6. The molecule has 0 aromatic rings. The van der Waals surface area contributed by atoms with Crippen molar-refractivity contribution in [2.45, 2.75) is 34.6 Å². The molecule has 1 amide bonds. The summed E-state index contributed by atoms with van der Waals surface area (Å²) in [5, 5.41) is 12.8. The van der Waals surface area contributed by atoms with Gasteiger partial charge in [0.05, 0.1) is 5.92 Å². The van der Waals surface area contributed by atoms with Gasteiger partial charge in [0.15, 0.2) is 17.6 Å². The molecule has 3 atom stereocenters. The number of carbonyl (C=O) groups is 2. The van der Waals surface area contributed by atoms with Gasteiger partial charge in [0.25, 0.3) is 0 Å². The van der Waals surface area contributed by atoms with Crippen molar-refractivity contribution in [2.75, 3.05) is 6.61 Å². The van der Waals surface area contributed by atoms with Crippen LogP contribution in [0.3, 0.4) is 0 Å². The molecule has 1 saturated carbocycles. The van der Waals surface area contributed by atoms with E-state index >= 15 is 0 Å². The fourth-order valence-electron chi connectivity index (χ4n) is 2.45. The van der Waals surface area contributed by atoms with Crippen LogP contribution in [0.4, 0.5) is 13.2 Å². The second-order valence-corrected chi connectivity index (χ2v) is 8.99. The van der Waals surface area contributed by atoms with E-state index < -0.39 is 51.9 Å². The van der Waals surface area contributed by atoms with Gasteiger partial charge in [-0.2, -0.15) is 13.2 Å². The first-order valence-corrected chi connectivity index (χ1v) is 9.14. The fraction of sp³-hybridized carbons (Fsp3) is 0.600. The summed E-state index contributed by atoms with van der Waals surface area (Å²) < 4.78 is 39.2. The summed E-state index contributed by atoms with van der Waals surface area (Å²) in [5.41, 5.74) is -2.22. The van der Waals surface area contributed by atoms with Crippen molar-refractivity contribution in [3.8, 4) is 0 Å². The fourth-order valence-corrected chi connectivity index (χ4v) is 2.99. The highest BCUT2D eigenvalue weighted by atomic mass is 35.6. The molecule has 0 spiro atoms. The van der Waals surface area contributed by atoms with Crippen molar-refractivity contribution >= 4 is 58.1 Å². The summed E-state index contributed by atoms with van der Waals surface area (Å²) in [6.45, 7) is -1.79. The molecule has 1 fully saturated rings. The second-order valence-electron chi connectivity index (χ2n) is 6.18. The molecule has 27 heavy (non-hydrogen) atoms. The predicted molar refractivity (Wildman–Crippen MR) is 93.5 cm³/mol. The van der Waals surface area contributed by atoms with Gasteiger partial charge in [0, 0.05) is 11.0 Å². The summed E-state index contributed by atoms with van der Waals surface area (Å²) in [5.74, 6) is -3.63. The number of hydrogen-bond donors (Lipinski definition) is 2. The zero-order valence-corrected chi connectivity index (χ0v) is 16.4. The van der Waals surface area contributed by atoms with Gasteiger partial charge in [-0.15, -0.1) is 0 Å². The van der Waals surface area contributed by atoms with E-state index in [0.717, 1.165) is 12.2 Å². The van der Waals surface area contributed by atoms with Crippen LogP contribution in [0.1, 0.15) is 12.8 Å². The Balaban J connectivity index is 2.21. The Bertz CT molecular complexity index is 673. The number of Topliss-reactive ketones (excluding diaryl/α,β-unsaturated/α-hetero) is 1. The Kier molecular flexibility index (Phi) is 6.82. The van der Waals surface area contributed by atoms with Crippen LogP contribution in [-0.4, -0.2) is 45.2 Å². The first-order valence-electron chi connectivity index (χ1n) is 7.63. The lowest BCUT2D eigenvalue weighted by Gasteiger charge is -2.34. The molecule has 5 nitrogen and oxygen atoms in total. The van der Waals surface area contributed by atoms with Crippen LogP contribution in [0.25, 0.3) is 0 Å². The highest BCUT2D eigenvalue weighted by Gasteiger charge is 2.52. The first-order chi connectivity index (χ1) is 12.2. The lowest BCUT2D eigenvalue weighted by atomic mass is 9.78. The smallest absolute Gasteiger partial charge is 0.377 e. The predicted octanol–water partition coefficient (Wildman–Crippen LogP) is 3.40. The van der Waals surface area contributed by atoms with Crippen molar-refractivity contribution in [1.82, 2.24) is 5.32 Å². The Morgan fingerprint density at radius 2 is 1.93 bits per heavy atom. The maximum absolute atomic E-state index is 12.6. The minimum absolute atomic E-state index is 0.0464. The third kappa shape index (κ3) is 5.98. The largest absolute Gasteiger partial charge is 0.411 e. The van der Waals surface area contributed by atoms with E-state index in [1.807, 2.05) is 5.32 Å². The van der Waals surface area contributed by atoms with Crippen LogP contribution in [0, 0.1) is 11.8 Å². The lowest BCUT2D eigenvalue weighted by Crippen LogP contribution is -2.56. The lowest BCUT2D eigenvalue weighted by molar-refractivity contribution is -0.189. The van der Waals surface area contributed by atoms with Crippen LogP contribution in [0.15, 0.2) is 23.3 Å². The van der Waals surface area contributed by atoms with Crippen molar-refractivity contribution in [3.63, 3.8) is 0 Å². The van der Waals surface area contributed by atoms with Gasteiger partial charge in [0.1, 0.15) is 6.61 Å². The molecule has 2 aliphatic carbocycles. The van der Waals surface area contributed by atoms with Gasteiger partial charge in [-0.05, 0) is 31.1 Å². The van der Waals surface area contributed by atoms with E-state index in [0.29, 0.717) is 12.8 Å². The van der Waals surface area contributed by atoms with Gasteiger partial charge < -0.3 is 15.2 Å². The number of ketones is 1. The molecule has 0 saturated heterocycles. The molecule has 12 heteroatoms. The number of allylic oxidation sites excluding steroid dienone is 2. The molecule has 0 heterocycles. The highest BCUT2D eigenvalue weighted by molar-refractivity contribution is 6.68. The van der Waals surface area contributed by atoms with Crippen molar-refractivity contribution in [2.24, 2.45) is 11.8 Å². The number of alkyl halides is 6. The molecule has 0 radical (unpaired) electrons. The first kappa shape index (κ1) is 22.8. The number of amides is 1. The second kappa shape index (κ2) is 8.08. The Hall–Kier alpha value is -0.510.